The van der Waals surface area contributed by atoms with Crippen molar-refractivity contribution in [1.29, 1.82) is 0 Å². The third kappa shape index (κ3) is 17.8. The molecule has 7 nitrogen and oxygen atoms in total. The van der Waals surface area contributed by atoms with Gasteiger partial charge in [-0.05, 0) is 0 Å². The Morgan fingerprint density at radius 1 is 0.688 bits per heavy atom. The predicted octanol–water partition coefficient (Wildman–Crippen LogP) is -3.40. The van der Waals surface area contributed by atoms with Crippen molar-refractivity contribution in [2.75, 3.05) is 19.6 Å². The van der Waals surface area contributed by atoms with E-state index in [-0.39, 0.29) is 88.7 Å². The van der Waals surface area contributed by atoms with Crippen LogP contribution in [0.25, 0.3) is 0 Å². The number of carboxylic acids is 3. The number of aliphatic carboxylic acids is 3. The standard InChI is InChI=1S/C6H9NO6.3Na.3H/c8-4(9)1-7(2-5(10)11)3-6(12)13;;;;;;/h1-3H2,(H,8,9)(H,10,11)(H,12,13);;;;;;. The van der Waals surface area contributed by atoms with Gasteiger partial charge in [-0.15, -0.1) is 0 Å². The molecule has 0 fully saturated rings. The fraction of sp³-hybridized carbons (Fsp3) is 0.500. The topological polar surface area (TPSA) is 115 Å². The Morgan fingerprint density at radius 2 is 0.875 bits per heavy atom. The van der Waals surface area contributed by atoms with Gasteiger partial charge >= 0.3 is 107 Å². The van der Waals surface area contributed by atoms with Crippen molar-refractivity contribution in [3.63, 3.8) is 0 Å². The first-order valence-electron chi connectivity index (χ1n) is 3.29. The molecule has 0 saturated heterocycles. The first-order chi connectivity index (χ1) is 5.91. The summed E-state index contributed by atoms with van der Waals surface area (Å²) in [5.74, 6) is -3.78. The summed E-state index contributed by atoms with van der Waals surface area (Å²) in [5, 5.41) is 24.8. The van der Waals surface area contributed by atoms with Crippen LogP contribution in [0.1, 0.15) is 0 Å². The third-order valence-corrected chi connectivity index (χ3v) is 1.08. The van der Waals surface area contributed by atoms with Crippen LogP contribution in [0.15, 0.2) is 0 Å². The molecule has 16 heavy (non-hydrogen) atoms. The summed E-state index contributed by atoms with van der Waals surface area (Å²) in [6, 6.07) is 0. The molecule has 0 aliphatic rings. The number of hydrogen-bond donors (Lipinski definition) is 3. The Hall–Kier alpha value is 1.37. The summed E-state index contributed by atoms with van der Waals surface area (Å²) in [6.07, 6.45) is 0. The van der Waals surface area contributed by atoms with E-state index in [4.69, 9.17) is 15.3 Å². The van der Waals surface area contributed by atoms with Gasteiger partial charge in [0.25, 0.3) is 0 Å². The minimum atomic E-state index is -1.26. The summed E-state index contributed by atoms with van der Waals surface area (Å²) in [4.78, 5) is 31.2. The van der Waals surface area contributed by atoms with E-state index >= 15 is 0 Å². The Morgan fingerprint density at radius 3 is 1.00 bits per heavy atom. The predicted molar refractivity (Wildman–Crippen MR) is 60.8 cm³/mol. The molecule has 0 spiro atoms. The van der Waals surface area contributed by atoms with Crippen LogP contribution in [0.5, 0.6) is 0 Å². The summed E-state index contributed by atoms with van der Waals surface area (Å²) in [7, 11) is 0. The average Bonchev–Trinajstić information content (AvgIpc) is 1.80. The molecule has 0 radical (unpaired) electrons. The maximum absolute atomic E-state index is 10.1. The van der Waals surface area contributed by atoms with Crippen molar-refractivity contribution in [2.24, 2.45) is 0 Å². The second-order valence-electron chi connectivity index (χ2n) is 2.33. The van der Waals surface area contributed by atoms with Crippen molar-refractivity contribution in [3.05, 3.63) is 0 Å². The zero-order valence-electron chi connectivity index (χ0n) is 6.63. The molecule has 0 aromatic carbocycles. The fourth-order valence-corrected chi connectivity index (χ4v) is 0.742. The van der Waals surface area contributed by atoms with Gasteiger partial charge in [-0.2, -0.15) is 0 Å². The van der Waals surface area contributed by atoms with Crippen LogP contribution in [0, 0.1) is 0 Å². The summed E-state index contributed by atoms with van der Waals surface area (Å²) < 4.78 is 0. The molecule has 0 heterocycles. The number of hydrogen-bond acceptors (Lipinski definition) is 4. The van der Waals surface area contributed by atoms with Crippen molar-refractivity contribution in [1.82, 2.24) is 4.90 Å². The third-order valence-electron chi connectivity index (χ3n) is 1.08. The van der Waals surface area contributed by atoms with E-state index in [1.807, 2.05) is 0 Å². The average molecular weight is 263 g/mol. The summed E-state index contributed by atoms with van der Waals surface area (Å²) in [6.45, 7) is -1.80. The number of carboxylic acid groups (broad SMARTS) is 3. The molecule has 0 aromatic rings. The molecule has 0 amide bonds. The van der Waals surface area contributed by atoms with Crippen LogP contribution in [0.2, 0.25) is 0 Å². The molecule has 3 N–H and O–H groups in total. The van der Waals surface area contributed by atoms with Crippen molar-refractivity contribution < 1.29 is 29.7 Å². The number of carbonyl (C=O) groups is 3. The zero-order chi connectivity index (χ0) is 10.4. The summed E-state index contributed by atoms with van der Waals surface area (Å²) >= 11 is 0. The summed E-state index contributed by atoms with van der Waals surface area (Å²) in [5.41, 5.74) is 0. The van der Waals surface area contributed by atoms with Crippen molar-refractivity contribution in [3.8, 4) is 0 Å². The Kier molecular flexibility index (Phi) is 23.5. The molecule has 0 bridgehead atoms. The number of nitrogens with zero attached hydrogens (tertiary/aromatic N) is 1. The molecule has 0 aliphatic carbocycles. The molecule has 0 aromatic heterocycles. The van der Waals surface area contributed by atoms with Gasteiger partial charge in [-0.3, -0.25) is 19.3 Å². The van der Waals surface area contributed by atoms with Gasteiger partial charge in [-0.25, -0.2) is 0 Å². The monoisotopic (exact) mass is 263 g/mol. The van der Waals surface area contributed by atoms with Crippen LogP contribution >= 0.6 is 0 Å². The van der Waals surface area contributed by atoms with Crippen LogP contribution in [0.4, 0.5) is 0 Å². The second kappa shape index (κ2) is 14.4. The first kappa shape index (κ1) is 26.0. The van der Waals surface area contributed by atoms with E-state index < -0.39 is 37.5 Å². The van der Waals surface area contributed by atoms with Gasteiger partial charge in [0.2, 0.25) is 0 Å². The molecule has 0 saturated carbocycles. The maximum atomic E-state index is 10.1. The minimum absolute atomic E-state index is 0. The van der Waals surface area contributed by atoms with E-state index in [0.717, 1.165) is 4.90 Å². The van der Waals surface area contributed by atoms with Crippen molar-refractivity contribution >= 4 is 107 Å². The molecule has 80 valence electrons. The van der Waals surface area contributed by atoms with Gasteiger partial charge in [0.1, 0.15) is 0 Å². The quantitative estimate of drug-likeness (QED) is 0.428. The van der Waals surface area contributed by atoms with E-state index in [0.29, 0.717) is 0 Å². The molecule has 10 heteroatoms. The molecular weight excluding hydrogens is 251 g/mol. The second-order valence-corrected chi connectivity index (χ2v) is 2.33. The van der Waals surface area contributed by atoms with Gasteiger partial charge in [-0.1, -0.05) is 0 Å². The zero-order valence-corrected chi connectivity index (χ0v) is 6.63. The molecular formula is C6H12NNa3O6. The van der Waals surface area contributed by atoms with Gasteiger partial charge in [0, 0.05) is 0 Å². The normalized spacial score (nSPS) is 8.06. The van der Waals surface area contributed by atoms with E-state index in [1.54, 1.807) is 0 Å². The van der Waals surface area contributed by atoms with Crippen LogP contribution in [0.3, 0.4) is 0 Å². The molecule has 0 rings (SSSR count). The SMILES string of the molecule is O=C(O)CN(CC(=O)O)CC(=O)O.[NaH].[NaH].[NaH]. The molecule has 0 unspecified atom stereocenters. The molecule has 0 aliphatic heterocycles. The first-order valence-corrected chi connectivity index (χ1v) is 3.29. The Balaban J connectivity index is -0.000000240. The van der Waals surface area contributed by atoms with Gasteiger partial charge in [0.05, 0.1) is 19.6 Å². The van der Waals surface area contributed by atoms with Crippen LogP contribution in [-0.4, -0.2) is 146 Å². The van der Waals surface area contributed by atoms with Crippen LogP contribution in [-0.2, 0) is 14.4 Å². The van der Waals surface area contributed by atoms with E-state index in [2.05, 4.69) is 0 Å². The van der Waals surface area contributed by atoms with E-state index in [9.17, 15) is 14.4 Å². The van der Waals surface area contributed by atoms with E-state index in [1.165, 1.54) is 0 Å². The van der Waals surface area contributed by atoms with Gasteiger partial charge < -0.3 is 15.3 Å². The molecule has 0 atom stereocenters. The number of rotatable bonds is 6. The van der Waals surface area contributed by atoms with Crippen molar-refractivity contribution in [2.45, 2.75) is 0 Å². The Bertz CT molecular complexity index is 198. The van der Waals surface area contributed by atoms with Gasteiger partial charge in [0.15, 0.2) is 0 Å². The Labute approximate surface area is 158 Å². The fourth-order valence-electron chi connectivity index (χ4n) is 0.742. The van der Waals surface area contributed by atoms with Crippen LogP contribution < -0.4 is 0 Å².